The SMILES string of the molecule is CCOc1cc(C=Nn2c(CC)nc3ccc(Br)cc3c2=O)cc(Cl)c1OCc1ccccc1. The quantitative estimate of drug-likeness (QED) is 0.248. The van der Waals surface area contributed by atoms with Gasteiger partial charge in [-0.15, -0.1) is 0 Å². The first-order valence-corrected chi connectivity index (χ1v) is 12.1. The molecule has 4 aromatic rings. The van der Waals surface area contributed by atoms with Crippen molar-refractivity contribution in [1.82, 2.24) is 9.66 Å². The molecular formula is C26H23BrClN3O3. The van der Waals surface area contributed by atoms with Crippen molar-refractivity contribution in [3.05, 3.63) is 97.5 Å². The molecule has 0 fully saturated rings. The van der Waals surface area contributed by atoms with Crippen LogP contribution in [0.25, 0.3) is 10.9 Å². The van der Waals surface area contributed by atoms with Crippen molar-refractivity contribution in [2.45, 2.75) is 26.9 Å². The molecule has 8 heteroatoms. The highest BCUT2D eigenvalue weighted by atomic mass is 79.9. The van der Waals surface area contributed by atoms with Gasteiger partial charge in [0.15, 0.2) is 11.5 Å². The number of aryl methyl sites for hydroxylation is 1. The molecule has 4 rings (SSSR count). The van der Waals surface area contributed by atoms with Crippen molar-refractivity contribution in [3.8, 4) is 11.5 Å². The molecule has 6 nitrogen and oxygen atoms in total. The second kappa shape index (κ2) is 10.8. The van der Waals surface area contributed by atoms with Gasteiger partial charge in [-0.2, -0.15) is 9.78 Å². The Kier molecular flexibility index (Phi) is 7.65. The van der Waals surface area contributed by atoms with Crippen LogP contribution < -0.4 is 15.0 Å². The highest BCUT2D eigenvalue weighted by molar-refractivity contribution is 9.10. The molecule has 174 valence electrons. The van der Waals surface area contributed by atoms with Crippen LogP contribution in [0, 0.1) is 0 Å². The summed E-state index contributed by atoms with van der Waals surface area (Å²) in [7, 11) is 0. The van der Waals surface area contributed by atoms with Crippen molar-refractivity contribution < 1.29 is 9.47 Å². The summed E-state index contributed by atoms with van der Waals surface area (Å²) >= 11 is 9.96. The molecule has 0 atom stereocenters. The van der Waals surface area contributed by atoms with Crippen molar-refractivity contribution in [1.29, 1.82) is 0 Å². The molecule has 0 saturated heterocycles. The molecule has 0 spiro atoms. The van der Waals surface area contributed by atoms with Crippen LogP contribution in [0.5, 0.6) is 11.5 Å². The van der Waals surface area contributed by atoms with Crippen LogP contribution in [0.4, 0.5) is 0 Å². The van der Waals surface area contributed by atoms with Gasteiger partial charge >= 0.3 is 0 Å². The van der Waals surface area contributed by atoms with Crippen LogP contribution in [0.15, 0.2) is 75.0 Å². The first-order valence-electron chi connectivity index (χ1n) is 10.9. The van der Waals surface area contributed by atoms with Gasteiger partial charge in [0.25, 0.3) is 5.56 Å². The zero-order valence-corrected chi connectivity index (χ0v) is 21.1. The fourth-order valence-corrected chi connectivity index (χ4v) is 4.10. The molecule has 0 saturated carbocycles. The Morgan fingerprint density at radius 3 is 2.62 bits per heavy atom. The third-order valence-corrected chi connectivity index (χ3v) is 5.85. The van der Waals surface area contributed by atoms with Crippen LogP contribution in [0.3, 0.4) is 0 Å². The maximum atomic E-state index is 13.1. The molecule has 0 aliphatic rings. The topological polar surface area (TPSA) is 65.7 Å². The minimum absolute atomic E-state index is 0.238. The van der Waals surface area contributed by atoms with E-state index in [2.05, 4.69) is 26.0 Å². The Hall–Kier alpha value is -3.16. The molecule has 1 aromatic heterocycles. The number of aromatic nitrogens is 2. The Balaban J connectivity index is 1.68. The van der Waals surface area contributed by atoms with E-state index >= 15 is 0 Å². The Morgan fingerprint density at radius 1 is 1.09 bits per heavy atom. The summed E-state index contributed by atoms with van der Waals surface area (Å²) in [6.07, 6.45) is 2.12. The number of hydrogen-bond acceptors (Lipinski definition) is 5. The van der Waals surface area contributed by atoms with Crippen molar-refractivity contribution in [2.24, 2.45) is 5.10 Å². The lowest BCUT2D eigenvalue weighted by Gasteiger charge is -2.14. The number of ether oxygens (including phenoxy) is 2. The number of benzene rings is 3. The van der Waals surface area contributed by atoms with Gasteiger partial charge in [-0.1, -0.05) is 64.8 Å². The normalized spacial score (nSPS) is 11.3. The van der Waals surface area contributed by atoms with Gasteiger partial charge in [0.05, 0.1) is 28.7 Å². The molecule has 1 heterocycles. The maximum Gasteiger partial charge on any atom is 0.282 e. The molecule has 0 aliphatic carbocycles. The average Bonchev–Trinajstić information content (AvgIpc) is 2.84. The third-order valence-electron chi connectivity index (χ3n) is 5.07. The highest BCUT2D eigenvalue weighted by Gasteiger charge is 2.14. The largest absolute Gasteiger partial charge is 0.490 e. The van der Waals surface area contributed by atoms with Crippen LogP contribution in [-0.4, -0.2) is 22.5 Å². The van der Waals surface area contributed by atoms with E-state index in [0.717, 1.165) is 10.0 Å². The Labute approximate surface area is 210 Å². The summed E-state index contributed by atoms with van der Waals surface area (Å²) in [4.78, 5) is 17.7. The minimum atomic E-state index is -0.238. The van der Waals surface area contributed by atoms with Crippen LogP contribution in [-0.2, 0) is 13.0 Å². The molecular weight excluding hydrogens is 518 g/mol. The van der Waals surface area contributed by atoms with E-state index in [9.17, 15) is 4.79 Å². The fourth-order valence-electron chi connectivity index (χ4n) is 3.46. The fraction of sp³-hybridized carbons (Fsp3) is 0.192. The van der Waals surface area contributed by atoms with Crippen LogP contribution in [0.2, 0.25) is 5.02 Å². The van der Waals surface area contributed by atoms with Crippen molar-refractivity contribution in [3.63, 3.8) is 0 Å². The number of hydrogen-bond donors (Lipinski definition) is 0. The summed E-state index contributed by atoms with van der Waals surface area (Å²) in [6.45, 7) is 4.63. The summed E-state index contributed by atoms with van der Waals surface area (Å²) in [5, 5.41) is 5.32. The van der Waals surface area contributed by atoms with Gasteiger partial charge in [0.1, 0.15) is 12.4 Å². The molecule has 0 aliphatic heterocycles. The van der Waals surface area contributed by atoms with E-state index in [1.54, 1.807) is 24.4 Å². The second-order valence-corrected chi connectivity index (χ2v) is 8.76. The van der Waals surface area contributed by atoms with Gasteiger partial charge in [0, 0.05) is 10.9 Å². The number of nitrogens with zero attached hydrogens (tertiary/aromatic N) is 3. The first kappa shape index (κ1) is 24.0. The molecule has 3 aromatic carbocycles. The molecule has 0 N–H and O–H groups in total. The van der Waals surface area contributed by atoms with Gasteiger partial charge < -0.3 is 9.47 Å². The van der Waals surface area contributed by atoms with Crippen molar-refractivity contribution in [2.75, 3.05) is 6.61 Å². The average molecular weight is 541 g/mol. The smallest absolute Gasteiger partial charge is 0.282 e. The first-order chi connectivity index (χ1) is 16.5. The molecule has 0 amide bonds. The lowest BCUT2D eigenvalue weighted by molar-refractivity contribution is 0.269. The monoisotopic (exact) mass is 539 g/mol. The highest BCUT2D eigenvalue weighted by Crippen LogP contribution is 2.37. The Bertz CT molecular complexity index is 1400. The molecule has 34 heavy (non-hydrogen) atoms. The molecule has 0 bridgehead atoms. The maximum absolute atomic E-state index is 13.1. The summed E-state index contributed by atoms with van der Waals surface area (Å²) in [5.74, 6) is 1.54. The van der Waals surface area contributed by atoms with Gasteiger partial charge in [-0.25, -0.2) is 4.98 Å². The minimum Gasteiger partial charge on any atom is -0.490 e. The van der Waals surface area contributed by atoms with Gasteiger partial charge in [-0.05, 0) is 48.4 Å². The van der Waals surface area contributed by atoms with E-state index < -0.39 is 0 Å². The van der Waals surface area contributed by atoms with Crippen LogP contribution >= 0.6 is 27.5 Å². The van der Waals surface area contributed by atoms with E-state index in [-0.39, 0.29) is 5.56 Å². The zero-order valence-electron chi connectivity index (χ0n) is 18.8. The standard InChI is InChI=1S/C26H23BrClN3O3/c1-3-24-30-22-11-10-19(27)14-20(22)26(32)31(24)29-15-18-12-21(28)25(23(13-18)33-4-2)34-16-17-8-6-5-7-9-17/h5-15H,3-4,16H2,1-2H3. The molecule has 0 radical (unpaired) electrons. The Morgan fingerprint density at radius 2 is 1.88 bits per heavy atom. The summed E-state index contributed by atoms with van der Waals surface area (Å²) in [6, 6.07) is 18.8. The van der Waals surface area contributed by atoms with E-state index in [1.165, 1.54) is 4.68 Å². The van der Waals surface area contributed by atoms with Crippen LogP contribution in [0.1, 0.15) is 30.8 Å². The lowest BCUT2D eigenvalue weighted by Crippen LogP contribution is -2.22. The second-order valence-electron chi connectivity index (χ2n) is 7.44. The number of rotatable bonds is 8. The number of halogens is 2. The summed E-state index contributed by atoms with van der Waals surface area (Å²) < 4.78 is 13.9. The van der Waals surface area contributed by atoms with E-state index in [0.29, 0.717) is 58.4 Å². The molecule has 0 unspecified atom stereocenters. The van der Waals surface area contributed by atoms with E-state index in [1.807, 2.05) is 56.3 Å². The predicted octanol–water partition coefficient (Wildman–Crippen LogP) is 6.23. The van der Waals surface area contributed by atoms with Gasteiger partial charge in [-0.3, -0.25) is 4.79 Å². The third kappa shape index (κ3) is 5.32. The lowest BCUT2D eigenvalue weighted by atomic mass is 10.2. The zero-order chi connectivity index (χ0) is 24.1. The van der Waals surface area contributed by atoms with Gasteiger partial charge in [0.2, 0.25) is 0 Å². The van der Waals surface area contributed by atoms with Crippen molar-refractivity contribution >= 4 is 44.6 Å². The van der Waals surface area contributed by atoms with E-state index in [4.69, 9.17) is 21.1 Å². The summed E-state index contributed by atoms with van der Waals surface area (Å²) in [5.41, 5.74) is 2.09. The number of fused-ring (bicyclic) bond motifs is 1. The predicted molar refractivity (Wildman–Crippen MR) is 139 cm³/mol.